The second-order valence-electron chi connectivity index (χ2n) is 6.24. The third-order valence-electron chi connectivity index (χ3n) is 2.79. The van der Waals surface area contributed by atoms with Gasteiger partial charge < -0.3 is 10.1 Å². The Hall–Kier alpha value is -2.26. The van der Waals surface area contributed by atoms with Gasteiger partial charge in [0.25, 0.3) is 5.91 Å². The Morgan fingerprint density at radius 3 is 2.60 bits per heavy atom. The summed E-state index contributed by atoms with van der Waals surface area (Å²) in [4.78, 5) is 41.1. The molecule has 134 valence electrons. The number of thiazole rings is 1. The number of esters is 1. The summed E-state index contributed by atoms with van der Waals surface area (Å²) < 4.78 is 4.98. The van der Waals surface area contributed by atoms with Crippen molar-refractivity contribution in [3.05, 3.63) is 28.1 Å². The van der Waals surface area contributed by atoms with Gasteiger partial charge in [-0.1, -0.05) is 6.07 Å². The van der Waals surface area contributed by atoms with Crippen molar-refractivity contribution in [1.29, 1.82) is 0 Å². The van der Waals surface area contributed by atoms with Gasteiger partial charge in [0.2, 0.25) is 0 Å². The van der Waals surface area contributed by atoms with E-state index < -0.39 is 30.1 Å². The number of urea groups is 1. The number of hydrogen-bond donors (Lipinski definition) is 2. The van der Waals surface area contributed by atoms with Crippen LogP contribution in [0.5, 0.6) is 0 Å². The molecule has 0 bridgehead atoms. The SMILES string of the molecule is Cc1nc(-c2cccs2)sc1C(=O)OCC(=O)NC(=O)NC(C)(C)C. The monoisotopic (exact) mass is 381 g/mol. The summed E-state index contributed by atoms with van der Waals surface area (Å²) in [6.45, 7) is 6.53. The zero-order valence-corrected chi connectivity index (χ0v) is 16.0. The van der Waals surface area contributed by atoms with E-state index in [1.54, 1.807) is 27.7 Å². The van der Waals surface area contributed by atoms with Gasteiger partial charge in [-0.2, -0.15) is 0 Å². The summed E-state index contributed by atoms with van der Waals surface area (Å²) in [6.07, 6.45) is 0. The number of carbonyl (C=O) groups excluding carboxylic acids is 3. The van der Waals surface area contributed by atoms with Gasteiger partial charge in [0, 0.05) is 5.54 Å². The molecule has 0 unspecified atom stereocenters. The first kappa shape index (κ1) is 19.1. The number of thiophene rings is 1. The fourth-order valence-corrected chi connectivity index (χ4v) is 3.58. The molecule has 0 radical (unpaired) electrons. The fraction of sp³-hybridized carbons (Fsp3) is 0.375. The molecule has 7 nitrogen and oxygen atoms in total. The number of aryl methyl sites for hydroxylation is 1. The smallest absolute Gasteiger partial charge is 0.350 e. The maximum absolute atomic E-state index is 12.1. The van der Waals surface area contributed by atoms with E-state index in [1.165, 1.54) is 22.7 Å². The van der Waals surface area contributed by atoms with Gasteiger partial charge >= 0.3 is 12.0 Å². The highest BCUT2D eigenvalue weighted by atomic mass is 32.1. The fourth-order valence-electron chi connectivity index (χ4n) is 1.82. The third kappa shape index (κ3) is 5.64. The molecule has 0 aliphatic rings. The topological polar surface area (TPSA) is 97.4 Å². The zero-order chi connectivity index (χ0) is 18.6. The van der Waals surface area contributed by atoms with Crippen LogP contribution in [-0.4, -0.2) is 35.0 Å². The van der Waals surface area contributed by atoms with Crippen molar-refractivity contribution in [2.75, 3.05) is 6.61 Å². The van der Waals surface area contributed by atoms with Crippen LogP contribution in [0.2, 0.25) is 0 Å². The van der Waals surface area contributed by atoms with Crippen LogP contribution >= 0.6 is 22.7 Å². The van der Waals surface area contributed by atoms with E-state index in [2.05, 4.69) is 15.6 Å². The molecule has 0 saturated carbocycles. The lowest BCUT2D eigenvalue weighted by atomic mass is 10.1. The quantitative estimate of drug-likeness (QED) is 0.794. The Morgan fingerprint density at radius 1 is 1.28 bits per heavy atom. The Morgan fingerprint density at radius 2 is 2.00 bits per heavy atom. The first-order chi connectivity index (χ1) is 11.7. The van der Waals surface area contributed by atoms with E-state index in [4.69, 9.17) is 4.74 Å². The van der Waals surface area contributed by atoms with Crippen LogP contribution in [0, 0.1) is 6.92 Å². The maximum Gasteiger partial charge on any atom is 0.350 e. The van der Waals surface area contributed by atoms with Crippen molar-refractivity contribution in [3.8, 4) is 9.88 Å². The summed E-state index contributed by atoms with van der Waals surface area (Å²) in [5.74, 6) is -1.33. The first-order valence-corrected chi connectivity index (χ1v) is 9.16. The van der Waals surface area contributed by atoms with Gasteiger partial charge in [-0.15, -0.1) is 22.7 Å². The highest BCUT2D eigenvalue weighted by Gasteiger charge is 2.20. The van der Waals surface area contributed by atoms with Crippen molar-refractivity contribution >= 4 is 40.6 Å². The number of rotatable bonds is 4. The largest absolute Gasteiger partial charge is 0.451 e. The van der Waals surface area contributed by atoms with Crippen LogP contribution in [0.25, 0.3) is 9.88 Å². The lowest BCUT2D eigenvalue weighted by Gasteiger charge is -2.20. The van der Waals surface area contributed by atoms with E-state index in [9.17, 15) is 14.4 Å². The molecule has 2 aromatic rings. The predicted octanol–water partition coefficient (Wildman–Crippen LogP) is 2.96. The van der Waals surface area contributed by atoms with Gasteiger partial charge in [0.05, 0.1) is 10.6 Å². The Kier molecular flexibility index (Phi) is 5.91. The summed E-state index contributed by atoms with van der Waals surface area (Å²) in [6, 6.07) is 3.18. The highest BCUT2D eigenvalue weighted by molar-refractivity contribution is 7.22. The molecular formula is C16H19N3O4S2. The molecular weight excluding hydrogens is 362 g/mol. The molecule has 2 N–H and O–H groups in total. The van der Waals surface area contributed by atoms with E-state index >= 15 is 0 Å². The van der Waals surface area contributed by atoms with Crippen LogP contribution < -0.4 is 10.6 Å². The second-order valence-corrected chi connectivity index (χ2v) is 8.19. The Balaban J connectivity index is 1.90. The van der Waals surface area contributed by atoms with E-state index in [-0.39, 0.29) is 0 Å². The molecule has 0 aromatic carbocycles. The van der Waals surface area contributed by atoms with Crippen LogP contribution in [0.4, 0.5) is 4.79 Å². The van der Waals surface area contributed by atoms with Gasteiger partial charge in [0.15, 0.2) is 6.61 Å². The average Bonchev–Trinajstić information content (AvgIpc) is 3.11. The number of aromatic nitrogens is 1. The van der Waals surface area contributed by atoms with Crippen molar-refractivity contribution in [1.82, 2.24) is 15.6 Å². The van der Waals surface area contributed by atoms with E-state index in [0.29, 0.717) is 10.6 Å². The summed E-state index contributed by atoms with van der Waals surface area (Å²) in [5.41, 5.74) is 0.0724. The molecule has 0 aliphatic carbocycles. The molecule has 0 aliphatic heterocycles. The van der Waals surface area contributed by atoms with Crippen molar-refractivity contribution < 1.29 is 19.1 Å². The average molecular weight is 381 g/mol. The molecule has 9 heteroatoms. The molecule has 2 aromatic heterocycles. The maximum atomic E-state index is 12.1. The zero-order valence-electron chi connectivity index (χ0n) is 14.3. The molecule has 25 heavy (non-hydrogen) atoms. The minimum atomic E-state index is -0.698. The molecule has 3 amide bonds. The van der Waals surface area contributed by atoms with Crippen molar-refractivity contribution in [3.63, 3.8) is 0 Å². The second kappa shape index (κ2) is 7.75. The van der Waals surface area contributed by atoms with Crippen molar-refractivity contribution in [2.24, 2.45) is 0 Å². The minimum absolute atomic E-state index is 0.343. The molecule has 0 saturated heterocycles. The molecule has 0 fully saturated rings. The number of imide groups is 1. The highest BCUT2D eigenvalue weighted by Crippen LogP contribution is 2.31. The molecule has 0 atom stereocenters. The van der Waals surface area contributed by atoms with E-state index in [0.717, 1.165) is 9.88 Å². The number of nitrogens with one attached hydrogen (secondary N) is 2. The number of hydrogen-bond acceptors (Lipinski definition) is 7. The van der Waals surface area contributed by atoms with Gasteiger partial charge in [-0.3, -0.25) is 10.1 Å². The molecule has 0 spiro atoms. The normalized spacial score (nSPS) is 11.0. The van der Waals surface area contributed by atoms with Crippen LogP contribution in [0.1, 0.15) is 36.1 Å². The van der Waals surface area contributed by atoms with Crippen LogP contribution in [-0.2, 0) is 9.53 Å². The lowest BCUT2D eigenvalue weighted by molar-refractivity contribution is -0.123. The Labute approximate surface area is 153 Å². The van der Waals surface area contributed by atoms with Crippen molar-refractivity contribution in [2.45, 2.75) is 33.2 Å². The lowest BCUT2D eigenvalue weighted by Crippen LogP contribution is -2.49. The number of ether oxygens (including phenoxy) is 1. The van der Waals surface area contributed by atoms with Gasteiger partial charge in [-0.05, 0) is 39.1 Å². The summed E-state index contributed by atoms with van der Waals surface area (Å²) in [7, 11) is 0. The predicted molar refractivity (Wildman–Crippen MR) is 96.9 cm³/mol. The minimum Gasteiger partial charge on any atom is -0.451 e. The standard InChI is InChI=1S/C16H19N3O4S2/c1-9-12(25-13(17-9)10-6-5-7-24-10)14(21)23-8-11(20)18-15(22)19-16(2,3)4/h5-7H,8H2,1-4H3,(H2,18,19,20,22). The molecule has 2 heterocycles. The Bertz CT molecular complexity index is 776. The first-order valence-electron chi connectivity index (χ1n) is 7.46. The molecule has 2 rings (SSSR count). The van der Waals surface area contributed by atoms with Gasteiger partial charge in [0.1, 0.15) is 9.88 Å². The van der Waals surface area contributed by atoms with Gasteiger partial charge in [-0.25, -0.2) is 14.6 Å². The third-order valence-corrected chi connectivity index (χ3v) is 4.97. The summed E-state index contributed by atoms with van der Waals surface area (Å²) in [5, 5.41) is 7.35. The van der Waals surface area contributed by atoms with E-state index in [1.807, 2.05) is 17.5 Å². The van der Waals surface area contributed by atoms with Crippen LogP contribution in [0.3, 0.4) is 0 Å². The number of carbonyl (C=O) groups is 3. The van der Waals surface area contributed by atoms with Crippen LogP contribution in [0.15, 0.2) is 17.5 Å². The summed E-state index contributed by atoms with van der Waals surface area (Å²) >= 11 is 2.74. The number of nitrogens with zero attached hydrogens (tertiary/aromatic N) is 1. The number of amides is 3.